The van der Waals surface area contributed by atoms with E-state index in [1.807, 2.05) is 9.80 Å². The van der Waals surface area contributed by atoms with E-state index < -0.39 is 5.97 Å². The van der Waals surface area contributed by atoms with Gasteiger partial charge in [0.25, 0.3) is 0 Å². The van der Waals surface area contributed by atoms with Crippen molar-refractivity contribution in [1.29, 1.82) is 0 Å². The second-order valence-corrected chi connectivity index (χ2v) is 4.91. The highest BCUT2D eigenvalue weighted by Crippen LogP contribution is 2.11. The van der Waals surface area contributed by atoms with Crippen LogP contribution < -0.4 is 0 Å². The van der Waals surface area contributed by atoms with Gasteiger partial charge in [-0.25, -0.2) is 0 Å². The molecular weight excluding hydrogens is 236 g/mol. The van der Waals surface area contributed by atoms with Gasteiger partial charge in [0.1, 0.15) is 0 Å². The van der Waals surface area contributed by atoms with Gasteiger partial charge in [-0.3, -0.25) is 14.5 Å². The van der Waals surface area contributed by atoms with Gasteiger partial charge in [-0.05, 0) is 12.8 Å². The molecule has 2 fully saturated rings. The second-order valence-electron chi connectivity index (χ2n) is 4.91. The molecule has 0 aromatic heterocycles. The van der Waals surface area contributed by atoms with Crippen molar-refractivity contribution in [1.82, 2.24) is 9.80 Å². The van der Waals surface area contributed by atoms with Crippen LogP contribution in [0, 0.1) is 0 Å². The summed E-state index contributed by atoms with van der Waals surface area (Å²) in [5.41, 5.74) is 0. The number of hydrogen-bond donors (Lipinski definition) is 1. The molecule has 1 N–H and O–H groups in total. The lowest BCUT2D eigenvalue weighted by Gasteiger charge is -2.32. The van der Waals surface area contributed by atoms with Gasteiger partial charge in [-0.1, -0.05) is 0 Å². The molecule has 0 spiro atoms. The Bertz CT molecular complexity index is 315. The predicted molar refractivity (Wildman–Crippen MR) is 64.2 cm³/mol. The van der Waals surface area contributed by atoms with E-state index in [1.54, 1.807) is 0 Å². The molecule has 6 nitrogen and oxygen atoms in total. The number of hydrogen-bond acceptors (Lipinski definition) is 4. The molecule has 0 aliphatic carbocycles. The minimum Gasteiger partial charge on any atom is -0.481 e. The highest BCUT2D eigenvalue weighted by Gasteiger charge is 2.26. The van der Waals surface area contributed by atoms with Crippen molar-refractivity contribution in [2.75, 3.05) is 39.3 Å². The third kappa shape index (κ3) is 3.68. The number of amides is 1. The number of carbonyl (C=O) groups excluding carboxylic acids is 1. The molecule has 6 heteroatoms. The molecule has 18 heavy (non-hydrogen) atoms. The van der Waals surface area contributed by atoms with E-state index in [-0.39, 0.29) is 18.4 Å². The fourth-order valence-electron chi connectivity index (χ4n) is 2.50. The normalized spacial score (nSPS) is 25.3. The maximum atomic E-state index is 12.0. The molecule has 1 unspecified atom stereocenters. The summed E-state index contributed by atoms with van der Waals surface area (Å²) in [5, 5.41) is 8.73. The van der Waals surface area contributed by atoms with Crippen molar-refractivity contribution in [3.05, 3.63) is 0 Å². The molecule has 0 aromatic rings. The van der Waals surface area contributed by atoms with E-state index in [9.17, 15) is 9.59 Å². The van der Waals surface area contributed by atoms with E-state index in [4.69, 9.17) is 9.84 Å². The van der Waals surface area contributed by atoms with Crippen LogP contribution in [0.5, 0.6) is 0 Å². The summed E-state index contributed by atoms with van der Waals surface area (Å²) >= 11 is 0. The van der Waals surface area contributed by atoms with E-state index in [0.717, 1.165) is 25.9 Å². The summed E-state index contributed by atoms with van der Waals surface area (Å²) in [4.78, 5) is 26.5. The Kier molecular flexibility index (Phi) is 4.54. The van der Waals surface area contributed by atoms with Gasteiger partial charge in [0.15, 0.2) is 0 Å². The fraction of sp³-hybridized carbons (Fsp3) is 0.833. The van der Waals surface area contributed by atoms with Crippen LogP contribution in [-0.2, 0) is 14.3 Å². The number of carboxylic acid groups (broad SMARTS) is 1. The Hall–Kier alpha value is -1.14. The minimum atomic E-state index is -0.854. The third-order valence-corrected chi connectivity index (χ3v) is 3.44. The first-order chi connectivity index (χ1) is 8.65. The number of aliphatic carboxylic acids is 1. The monoisotopic (exact) mass is 256 g/mol. The molecular formula is C12H20N2O4. The van der Waals surface area contributed by atoms with Gasteiger partial charge in [0.05, 0.1) is 25.7 Å². The molecule has 102 valence electrons. The SMILES string of the molecule is O=C(O)CC1CN(CC(=O)N2CCCC2)CCO1. The van der Waals surface area contributed by atoms with Crippen LogP contribution in [0.3, 0.4) is 0 Å². The lowest BCUT2D eigenvalue weighted by atomic mass is 10.2. The first kappa shape index (κ1) is 13.3. The molecule has 2 rings (SSSR count). The van der Waals surface area contributed by atoms with Crippen molar-refractivity contribution in [2.45, 2.75) is 25.4 Å². The summed E-state index contributed by atoms with van der Waals surface area (Å²) in [7, 11) is 0. The summed E-state index contributed by atoms with van der Waals surface area (Å²) in [5.74, 6) is -0.698. The van der Waals surface area contributed by atoms with Gasteiger partial charge in [0, 0.05) is 26.2 Å². The molecule has 0 bridgehead atoms. The van der Waals surface area contributed by atoms with Crippen LogP contribution in [0.4, 0.5) is 0 Å². The summed E-state index contributed by atoms with van der Waals surface area (Å²) in [6, 6.07) is 0. The number of nitrogens with zero attached hydrogens (tertiary/aromatic N) is 2. The molecule has 1 atom stereocenters. The maximum Gasteiger partial charge on any atom is 0.306 e. The Balaban J connectivity index is 1.78. The van der Waals surface area contributed by atoms with Gasteiger partial charge in [0.2, 0.25) is 5.91 Å². The third-order valence-electron chi connectivity index (χ3n) is 3.44. The number of morpholine rings is 1. The Morgan fingerprint density at radius 2 is 1.94 bits per heavy atom. The zero-order chi connectivity index (χ0) is 13.0. The van der Waals surface area contributed by atoms with E-state index in [0.29, 0.717) is 26.2 Å². The fourth-order valence-corrected chi connectivity index (χ4v) is 2.50. The molecule has 0 saturated carbocycles. The molecule has 2 saturated heterocycles. The van der Waals surface area contributed by atoms with Crippen molar-refractivity contribution < 1.29 is 19.4 Å². The van der Waals surface area contributed by atoms with E-state index in [2.05, 4.69) is 0 Å². The highest BCUT2D eigenvalue weighted by molar-refractivity contribution is 5.78. The predicted octanol–water partition coefficient (Wildman–Crippen LogP) is -0.216. The van der Waals surface area contributed by atoms with Gasteiger partial charge < -0.3 is 14.7 Å². The molecule has 2 aliphatic heterocycles. The molecule has 1 amide bonds. The topological polar surface area (TPSA) is 70.1 Å². The first-order valence-electron chi connectivity index (χ1n) is 6.48. The summed E-state index contributed by atoms with van der Waals surface area (Å²) in [6.07, 6.45) is 1.91. The number of carboxylic acids is 1. The van der Waals surface area contributed by atoms with Gasteiger partial charge >= 0.3 is 5.97 Å². The number of ether oxygens (including phenoxy) is 1. The van der Waals surface area contributed by atoms with Gasteiger partial charge in [-0.15, -0.1) is 0 Å². The number of carbonyl (C=O) groups is 2. The maximum absolute atomic E-state index is 12.0. The first-order valence-corrected chi connectivity index (χ1v) is 6.48. The molecule has 2 aliphatic rings. The quantitative estimate of drug-likeness (QED) is 0.753. The summed E-state index contributed by atoms with van der Waals surface area (Å²) in [6.45, 7) is 3.86. The lowest BCUT2D eigenvalue weighted by molar-refractivity contribution is -0.142. The minimum absolute atomic E-state index is 0.00834. The Labute approximate surface area is 106 Å². The number of rotatable bonds is 4. The standard InChI is InChI=1S/C12H20N2O4/c15-11(14-3-1-2-4-14)9-13-5-6-18-10(8-13)7-12(16)17/h10H,1-9H2,(H,16,17). The van der Waals surface area contributed by atoms with Crippen LogP contribution >= 0.6 is 0 Å². The average Bonchev–Trinajstić information content (AvgIpc) is 2.81. The van der Waals surface area contributed by atoms with Gasteiger partial charge in [-0.2, -0.15) is 0 Å². The zero-order valence-electron chi connectivity index (χ0n) is 10.5. The molecule has 2 heterocycles. The Morgan fingerprint density at radius 1 is 1.22 bits per heavy atom. The van der Waals surface area contributed by atoms with Crippen LogP contribution in [0.1, 0.15) is 19.3 Å². The second kappa shape index (κ2) is 6.15. The zero-order valence-corrected chi connectivity index (χ0v) is 10.5. The van der Waals surface area contributed by atoms with Crippen molar-refractivity contribution in [3.63, 3.8) is 0 Å². The largest absolute Gasteiger partial charge is 0.481 e. The van der Waals surface area contributed by atoms with Crippen molar-refractivity contribution in [2.24, 2.45) is 0 Å². The van der Waals surface area contributed by atoms with Crippen LogP contribution in [0.2, 0.25) is 0 Å². The van der Waals surface area contributed by atoms with Crippen LogP contribution in [-0.4, -0.2) is 72.2 Å². The van der Waals surface area contributed by atoms with E-state index in [1.165, 1.54) is 0 Å². The smallest absolute Gasteiger partial charge is 0.306 e. The summed E-state index contributed by atoms with van der Waals surface area (Å²) < 4.78 is 5.38. The average molecular weight is 256 g/mol. The highest BCUT2D eigenvalue weighted by atomic mass is 16.5. The molecule has 0 radical (unpaired) electrons. The van der Waals surface area contributed by atoms with Crippen molar-refractivity contribution >= 4 is 11.9 Å². The molecule has 0 aromatic carbocycles. The Morgan fingerprint density at radius 3 is 2.61 bits per heavy atom. The van der Waals surface area contributed by atoms with E-state index >= 15 is 0 Å². The van der Waals surface area contributed by atoms with Crippen LogP contribution in [0.15, 0.2) is 0 Å². The van der Waals surface area contributed by atoms with Crippen molar-refractivity contribution in [3.8, 4) is 0 Å². The number of likely N-dealkylation sites (tertiary alicyclic amines) is 1. The lowest BCUT2D eigenvalue weighted by Crippen LogP contribution is -2.47. The van der Waals surface area contributed by atoms with Crippen LogP contribution in [0.25, 0.3) is 0 Å².